The van der Waals surface area contributed by atoms with Crippen LogP contribution in [0, 0.1) is 0 Å². The molecule has 0 aromatic rings. The zero-order chi connectivity index (χ0) is 12.4. The first-order valence-electron chi connectivity index (χ1n) is 8.08. The van der Waals surface area contributed by atoms with Crippen molar-refractivity contribution in [3.63, 3.8) is 0 Å². The molecule has 1 heteroatoms. The van der Waals surface area contributed by atoms with Gasteiger partial charge in [0.25, 0.3) is 0 Å². The van der Waals surface area contributed by atoms with Crippen LogP contribution in [0.3, 0.4) is 0 Å². The van der Waals surface area contributed by atoms with Gasteiger partial charge in [0.05, 0.1) is 0 Å². The van der Waals surface area contributed by atoms with Crippen LogP contribution in [0.15, 0.2) is 0 Å². The molecule has 0 radical (unpaired) electrons. The van der Waals surface area contributed by atoms with E-state index in [0.717, 1.165) is 0 Å². The highest BCUT2D eigenvalue weighted by atomic mass is 15.0. The van der Waals surface area contributed by atoms with Crippen LogP contribution in [-0.2, 0) is 0 Å². The monoisotopic (exact) mass is 239 g/mol. The third kappa shape index (κ3) is 5.90. The average molecular weight is 239 g/mol. The molecule has 0 aliphatic carbocycles. The molecule has 0 aromatic heterocycles. The second kappa shape index (κ2) is 8.97. The number of hydrogen-bond donors (Lipinski definition) is 1. The van der Waals surface area contributed by atoms with Crippen molar-refractivity contribution in [3.05, 3.63) is 0 Å². The summed E-state index contributed by atoms with van der Waals surface area (Å²) in [5.74, 6) is 0. The summed E-state index contributed by atoms with van der Waals surface area (Å²) in [7, 11) is 0. The van der Waals surface area contributed by atoms with Crippen LogP contribution in [0.2, 0.25) is 0 Å². The average Bonchev–Trinajstić information content (AvgIpc) is 2.82. The number of unbranched alkanes of at least 4 members (excludes halogenated alkanes) is 7. The van der Waals surface area contributed by atoms with Crippen molar-refractivity contribution in [2.24, 2.45) is 0 Å². The van der Waals surface area contributed by atoms with E-state index in [-0.39, 0.29) is 0 Å². The molecule has 1 saturated heterocycles. The molecule has 1 aliphatic heterocycles. The van der Waals surface area contributed by atoms with E-state index >= 15 is 0 Å². The zero-order valence-corrected chi connectivity index (χ0v) is 12.2. The van der Waals surface area contributed by atoms with Crippen molar-refractivity contribution in [2.75, 3.05) is 6.54 Å². The summed E-state index contributed by atoms with van der Waals surface area (Å²) in [4.78, 5) is 0. The summed E-state index contributed by atoms with van der Waals surface area (Å²) in [6, 6.07) is 0. The lowest BCUT2D eigenvalue weighted by Gasteiger charge is -2.28. The van der Waals surface area contributed by atoms with Crippen molar-refractivity contribution < 1.29 is 0 Å². The van der Waals surface area contributed by atoms with Gasteiger partial charge < -0.3 is 5.32 Å². The molecule has 0 amide bonds. The Morgan fingerprint density at radius 3 is 2.06 bits per heavy atom. The fourth-order valence-electron chi connectivity index (χ4n) is 3.16. The first kappa shape index (κ1) is 15.0. The summed E-state index contributed by atoms with van der Waals surface area (Å²) < 4.78 is 0. The summed E-state index contributed by atoms with van der Waals surface area (Å²) in [5.41, 5.74) is 0.530. The molecule has 0 bridgehead atoms. The minimum Gasteiger partial charge on any atom is -0.311 e. The molecular formula is C16H33N. The molecule has 0 saturated carbocycles. The number of nitrogens with one attached hydrogen (secondary N) is 1. The molecule has 1 heterocycles. The number of rotatable bonds is 10. The third-order valence-corrected chi connectivity index (χ3v) is 4.52. The van der Waals surface area contributed by atoms with Gasteiger partial charge in [0, 0.05) is 5.54 Å². The highest BCUT2D eigenvalue weighted by molar-refractivity contribution is 4.91. The van der Waals surface area contributed by atoms with Crippen LogP contribution in [0.25, 0.3) is 0 Å². The van der Waals surface area contributed by atoms with E-state index in [0.29, 0.717) is 5.54 Å². The summed E-state index contributed by atoms with van der Waals surface area (Å²) in [6.07, 6.45) is 17.1. The lowest BCUT2D eigenvalue weighted by atomic mass is 9.88. The highest BCUT2D eigenvalue weighted by Crippen LogP contribution is 2.28. The lowest BCUT2D eigenvalue weighted by Crippen LogP contribution is -2.38. The van der Waals surface area contributed by atoms with Crippen LogP contribution in [0.5, 0.6) is 0 Å². The van der Waals surface area contributed by atoms with Crippen LogP contribution >= 0.6 is 0 Å². The molecule has 1 aliphatic rings. The standard InChI is InChI=1S/C16H33N/c1-3-5-6-7-8-9-10-11-13-16(4-2)14-12-15-17-16/h17H,3-15H2,1-2H3. The topological polar surface area (TPSA) is 12.0 Å². The Morgan fingerprint density at radius 2 is 1.53 bits per heavy atom. The first-order chi connectivity index (χ1) is 8.33. The SMILES string of the molecule is CCCCCCCCCCC1(CC)CCCN1. The van der Waals surface area contributed by atoms with Crippen LogP contribution in [-0.4, -0.2) is 12.1 Å². The van der Waals surface area contributed by atoms with Gasteiger partial charge in [-0.25, -0.2) is 0 Å². The molecular weight excluding hydrogens is 206 g/mol. The van der Waals surface area contributed by atoms with Crippen molar-refractivity contribution >= 4 is 0 Å². The van der Waals surface area contributed by atoms with Crippen molar-refractivity contribution in [3.8, 4) is 0 Å². The van der Waals surface area contributed by atoms with E-state index in [9.17, 15) is 0 Å². The van der Waals surface area contributed by atoms with Crippen LogP contribution in [0.4, 0.5) is 0 Å². The van der Waals surface area contributed by atoms with Gasteiger partial charge in [0.15, 0.2) is 0 Å². The Balaban J connectivity index is 1.92. The maximum Gasteiger partial charge on any atom is 0.0179 e. The van der Waals surface area contributed by atoms with Gasteiger partial charge >= 0.3 is 0 Å². The largest absolute Gasteiger partial charge is 0.311 e. The highest BCUT2D eigenvalue weighted by Gasteiger charge is 2.30. The predicted octanol–water partition coefficient (Wildman–Crippen LogP) is 5.05. The molecule has 1 unspecified atom stereocenters. The van der Waals surface area contributed by atoms with Gasteiger partial charge in [0.2, 0.25) is 0 Å². The molecule has 1 fully saturated rings. The van der Waals surface area contributed by atoms with Gasteiger partial charge in [-0.15, -0.1) is 0 Å². The Hall–Kier alpha value is -0.0400. The van der Waals surface area contributed by atoms with Gasteiger partial charge in [-0.1, -0.05) is 65.2 Å². The van der Waals surface area contributed by atoms with Crippen LogP contribution < -0.4 is 5.32 Å². The Labute approximate surface area is 109 Å². The molecule has 1 atom stereocenters. The fraction of sp³-hybridized carbons (Fsp3) is 1.00. The Kier molecular flexibility index (Phi) is 7.92. The van der Waals surface area contributed by atoms with E-state index in [1.54, 1.807) is 0 Å². The van der Waals surface area contributed by atoms with Crippen molar-refractivity contribution in [1.29, 1.82) is 0 Å². The van der Waals surface area contributed by atoms with Gasteiger partial charge in [-0.3, -0.25) is 0 Å². The summed E-state index contributed by atoms with van der Waals surface area (Å²) in [5, 5.41) is 3.74. The molecule has 0 spiro atoms. The maximum absolute atomic E-state index is 3.74. The molecule has 0 aromatic carbocycles. The lowest BCUT2D eigenvalue weighted by molar-refractivity contribution is 0.322. The number of hydrogen-bond acceptors (Lipinski definition) is 1. The maximum atomic E-state index is 3.74. The summed E-state index contributed by atoms with van der Waals surface area (Å²) >= 11 is 0. The molecule has 1 N–H and O–H groups in total. The third-order valence-electron chi connectivity index (χ3n) is 4.52. The minimum absolute atomic E-state index is 0.530. The smallest absolute Gasteiger partial charge is 0.0179 e. The molecule has 1 rings (SSSR count). The van der Waals surface area contributed by atoms with E-state index in [4.69, 9.17) is 0 Å². The predicted molar refractivity (Wildman–Crippen MR) is 77.5 cm³/mol. The minimum atomic E-state index is 0.530. The molecule has 1 nitrogen and oxygen atoms in total. The Morgan fingerprint density at radius 1 is 0.882 bits per heavy atom. The molecule has 17 heavy (non-hydrogen) atoms. The van der Waals surface area contributed by atoms with E-state index in [2.05, 4.69) is 19.2 Å². The quantitative estimate of drug-likeness (QED) is 0.526. The van der Waals surface area contributed by atoms with Gasteiger partial charge in [-0.2, -0.15) is 0 Å². The second-order valence-corrected chi connectivity index (χ2v) is 5.89. The first-order valence-corrected chi connectivity index (χ1v) is 8.08. The van der Waals surface area contributed by atoms with Crippen LogP contribution in [0.1, 0.15) is 90.9 Å². The molecule has 102 valence electrons. The van der Waals surface area contributed by atoms with Gasteiger partial charge in [0.1, 0.15) is 0 Å². The Bertz CT molecular complexity index is 170. The zero-order valence-electron chi connectivity index (χ0n) is 12.2. The summed E-state index contributed by atoms with van der Waals surface area (Å²) in [6.45, 7) is 5.90. The fourth-order valence-corrected chi connectivity index (χ4v) is 3.16. The van der Waals surface area contributed by atoms with E-state index < -0.39 is 0 Å². The van der Waals surface area contributed by atoms with E-state index in [1.807, 2.05) is 0 Å². The van der Waals surface area contributed by atoms with Gasteiger partial charge in [-0.05, 0) is 32.2 Å². The van der Waals surface area contributed by atoms with Crippen molar-refractivity contribution in [2.45, 2.75) is 96.4 Å². The normalized spacial score (nSPS) is 24.4. The second-order valence-electron chi connectivity index (χ2n) is 5.89. The van der Waals surface area contributed by atoms with E-state index in [1.165, 1.54) is 83.6 Å². The van der Waals surface area contributed by atoms with Crippen molar-refractivity contribution in [1.82, 2.24) is 5.32 Å².